The van der Waals surface area contributed by atoms with E-state index < -0.39 is 0 Å². The molecule has 7 nitrogen and oxygen atoms in total. The van der Waals surface area contributed by atoms with E-state index in [1.165, 1.54) is 6.07 Å². The number of nitrogens with zero attached hydrogens (tertiary/aromatic N) is 2. The number of urea groups is 1. The number of halogens is 1. The van der Waals surface area contributed by atoms with Crippen molar-refractivity contribution in [1.29, 1.82) is 0 Å². The van der Waals surface area contributed by atoms with Crippen LogP contribution in [0.4, 0.5) is 9.18 Å². The van der Waals surface area contributed by atoms with Crippen LogP contribution < -0.4 is 10.6 Å². The molecule has 1 atom stereocenters. The summed E-state index contributed by atoms with van der Waals surface area (Å²) in [5, 5.41) is 5.59. The topological polar surface area (TPSA) is 73.9 Å². The molecule has 0 bridgehead atoms. The van der Waals surface area contributed by atoms with E-state index in [0.29, 0.717) is 36.3 Å². The average molecular weight is 404 g/mol. The Bertz CT molecular complexity index is 775. The van der Waals surface area contributed by atoms with Crippen LogP contribution >= 0.6 is 0 Å². The molecule has 158 valence electrons. The summed E-state index contributed by atoms with van der Waals surface area (Å²) in [5.41, 5.74) is 1.81. The van der Waals surface area contributed by atoms with Crippen LogP contribution in [0.25, 0.3) is 0 Å². The Balaban J connectivity index is 1.64. The summed E-state index contributed by atoms with van der Waals surface area (Å²) in [5.74, 6) is -0.567. The molecule has 1 unspecified atom stereocenters. The minimum absolute atomic E-state index is 0.179. The van der Waals surface area contributed by atoms with E-state index in [1.54, 1.807) is 13.0 Å². The Labute approximate surface area is 170 Å². The molecule has 29 heavy (non-hydrogen) atoms. The zero-order chi connectivity index (χ0) is 20.8. The van der Waals surface area contributed by atoms with Crippen molar-refractivity contribution in [3.63, 3.8) is 0 Å². The molecule has 1 aromatic rings. The molecule has 1 saturated heterocycles. The lowest BCUT2D eigenvalue weighted by Gasteiger charge is -2.37. The number of benzene rings is 1. The molecule has 3 rings (SSSR count). The molecule has 0 saturated carbocycles. The fraction of sp³-hybridized carbons (Fsp3) is 0.524. The van der Waals surface area contributed by atoms with Gasteiger partial charge < -0.3 is 15.4 Å². The van der Waals surface area contributed by atoms with E-state index in [9.17, 15) is 14.0 Å². The van der Waals surface area contributed by atoms with Crippen molar-refractivity contribution < 1.29 is 18.7 Å². The fourth-order valence-electron chi connectivity index (χ4n) is 3.78. The van der Waals surface area contributed by atoms with Gasteiger partial charge in [-0.25, -0.2) is 14.0 Å². The summed E-state index contributed by atoms with van der Waals surface area (Å²) in [6.45, 7) is 8.16. The first-order chi connectivity index (χ1) is 14.0. The van der Waals surface area contributed by atoms with Crippen molar-refractivity contribution in [3.05, 3.63) is 46.9 Å². The summed E-state index contributed by atoms with van der Waals surface area (Å²) in [6.07, 6.45) is 0.613. The molecule has 2 amide bonds. The SMILES string of the molecule is CCOC(=O)C1=C(CN2CCN(Cc3ccccc3F)CC2)NC(=O)NC1CC. The highest BCUT2D eigenvalue weighted by molar-refractivity contribution is 5.94. The van der Waals surface area contributed by atoms with Crippen LogP contribution in [0.2, 0.25) is 0 Å². The molecule has 2 aliphatic heterocycles. The van der Waals surface area contributed by atoms with Gasteiger partial charge in [-0.15, -0.1) is 0 Å². The molecule has 2 aliphatic rings. The van der Waals surface area contributed by atoms with Gasteiger partial charge in [-0.2, -0.15) is 0 Å². The maximum atomic E-state index is 13.9. The normalized spacial score (nSPS) is 20.9. The average Bonchev–Trinajstić information content (AvgIpc) is 2.70. The molecule has 2 heterocycles. The largest absolute Gasteiger partial charge is 0.463 e. The molecule has 0 aliphatic carbocycles. The molecule has 0 aromatic heterocycles. The van der Waals surface area contributed by atoms with Crippen LogP contribution in [0.3, 0.4) is 0 Å². The second-order valence-corrected chi connectivity index (χ2v) is 7.32. The smallest absolute Gasteiger partial charge is 0.337 e. The lowest BCUT2D eigenvalue weighted by atomic mass is 10.00. The van der Waals surface area contributed by atoms with Gasteiger partial charge in [0.15, 0.2) is 0 Å². The highest BCUT2D eigenvalue weighted by Gasteiger charge is 2.32. The molecule has 8 heteroatoms. The zero-order valence-corrected chi connectivity index (χ0v) is 17.0. The monoisotopic (exact) mass is 404 g/mol. The van der Waals surface area contributed by atoms with Crippen molar-refractivity contribution in [2.24, 2.45) is 0 Å². The predicted octanol–water partition coefficient (Wildman–Crippen LogP) is 1.85. The molecule has 0 spiro atoms. The second kappa shape index (κ2) is 9.84. The quantitative estimate of drug-likeness (QED) is 0.679. The summed E-state index contributed by atoms with van der Waals surface area (Å²) >= 11 is 0. The van der Waals surface area contributed by atoms with E-state index in [-0.39, 0.29) is 30.5 Å². The first kappa shape index (κ1) is 21.3. The van der Waals surface area contributed by atoms with Crippen LogP contribution in [-0.4, -0.2) is 67.2 Å². The number of ether oxygens (including phenoxy) is 1. The standard InChI is InChI=1S/C21H29FN4O3/c1-3-17-19(20(27)29-4-2)18(24-21(28)23-17)14-26-11-9-25(10-12-26)13-15-7-5-6-8-16(15)22/h5-8,17H,3-4,9-14H2,1-2H3,(H2,23,24,28). The number of esters is 1. The first-order valence-corrected chi connectivity index (χ1v) is 10.2. The minimum atomic E-state index is -0.389. The van der Waals surface area contributed by atoms with Crippen LogP contribution in [0.1, 0.15) is 25.8 Å². The van der Waals surface area contributed by atoms with Crippen LogP contribution in [0.15, 0.2) is 35.5 Å². The van der Waals surface area contributed by atoms with Crippen molar-refractivity contribution in [2.75, 3.05) is 39.3 Å². The Morgan fingerprint density at radius 3 is 2.41 bits per heavy atom. The Morgan fingerprint density at radius 2 is 1.79 bits per heavy atom. The lowest BCUT2D eigenvalue weighted by molar-refractivity contribution is -0.139. The molecule has 1 aromatic carbocycles. The predicted molar refractivity (Wildman–Crippen MR) is 108 cm³/mol. The number of carbonyl (C=O) groups is 2. The highest BCUT2D eigenvalue weighted by Crippen LogP contribution is 2.19. The van der Waals surface area contributed by atoms with Gasteiger partial charge in [-0.1, -0.05) is 25.1 Å². The number of amides is 2. The Hall–Kier alpha value is -2.45. The fourth-order valence-corrected chi connectivity index (χ4v) is 3.78. The van der Waals surface area contributed by atoms with Crippen molar-refractivity contribution in [2.45, 2.75) is 32.9 Å². The number of carbonyl (C=O) groups excluding carboxylic acids is 2. The lowest BCUT2D eigenvalue weighted by Crippen LogP contribution is -2.53. The first-order valence-electron chi connectivity index (χ1n) is 10.2. The van der Waals surface area contributed by atoms with Crippen molar-refractivity contribution in [3.8, 4) is 0 Å². The minimum Gasteiger partial charge on any atom is -0.463 e. The number of hydrogen-bond acceptors (Lipinski definition) is 5. The van der Waals surface area contributed by atoms with Gasteiger partial charge in [0.25, 0.3) is 0 Å². The molecule has 2 N–H and O–H groups in total. The maximum Gasteiger partial charge on any atom is 0.337 e. The van der Waals surface area contributed by atoms with Gasteiger partial charge in [-0.05, 0) is 19.4 Å². The van der Waals surface area contributed by atoms with Crippen molar-refractivity contribution >= 4 is 12.0 Å². The van der Waals surface area contributed by atoms with Gasteiger partial charge in [0.05, 0.1) is 18.2 Å². The Morgan fingerprint density at radius 1 is 1.14 bits per heavy atom. The summed E-state index contributed by atoms with van der Waals surface area (Å²) in [4.78, 5) is 28.9. The number of nitrogens with one attached hydrogen (secondary N) is 2. The van der Waals surface area contributed by atoms with Crippen LogP contribution in [-0.2, 0) is 16.1 Å². The van der Waals surface area contributed by atoms with Crippen LogP contribution in [0.5, 0.6) is 0 Å². The second-order valence-electron chi connectivity index (χ2n) is 7.32. The maximum absolute atomic E-state index is 13.9. The third kappa shape index (κ3) is 5.33. The number of piperazine rings is 1. The summed E-state index contributed by atoms with van der Waals surface area (Å²) < 4.78 is 19.1. The van der Waals surface area contributed by atoms with E-state index in [0.717, 1.165) is 26.2 Å². The number of rotatable bonds is 7. The third-order valence-corrected chi connectivity index (χ3v) is 5.35. The van der Waals surface area contributed by atoms with E-state index in [1.807, 2.05) is 19.1 Å². The molecule has 1 fully saturated rings. The molecular weight excluding hydrogens is 375 g/mol. The highest BCUT2D eigenvalue weighted by atomic mass is 19.1. The van der Waals surface area contributed by atoms with Gasteiger partial charge in [-0.3, -0.25) is 9.80 Å². The van der Waals surface area contributed by atoms with E-state index in [2.05, 4.69) is 20.4 Å². The summed E-state index contributed by atoms with van der Waals surface area (Å²) in [7, 11) is 0. The van der Waals surface area contributed by atoms with Gasteiger partial charge in [0, 0.05) is 50.5 Å². The van der Waals surface area contributed by atoms with Crippen molar-refractivity contribution in [1.82, 2.24) is 20.4 Å². The van der Waals surface area contributed by atoms with Gasteiger partial charge in [0.2, 0.25) is 0 Å². The Kier molecular flexibility index (Phi) is 7.22. The van der Waals surface area contributed by atoms with E-state index in [4.69, 9.17) is 4.74 Å². The van der Waals surface area contributed by atoms with Crippen LogP contribution in [0, 0.1) is 5.82 Å². The third-order valence-electron chi connectivity index (χ3n) is 5.35. The van der Waals surface area contributed by atoms with Gasteiger partial charge in [0.1, 0.15) is 5.82 Å². The number of hydrogen-bond donors (Lipinski definition) is 2. The molecular formula is C21H29FN4O3. The summed E-state index contributed by atoms with van der Waals surface area (Å²) in [6, 6.07) is 6.20. The zero-order valence-electron chi connectivity index (χ0n) is 17.0. The van der Waals surface area contributed by atoms with E-state index >= 15 is 0 Å². The molecule has 0 radical (unpaired) electrons. The van der Waals surface area contributed by atoms with Gasteiger partial charge >= 0.3 is 12.0 Å².